The summed E-state index contributed by atoms with van der Waals surface area (Å²) in [5.41, 5.74) is 1.09. The molecular weight excluding hydrogens is 314 g/mol. The molecule has 1 aliphatic rings. The van der Waals surface area contributed by atoms with Crippen molar-refractivity contribution < 1.29 is 12.9 Å². The van der Waals surface area contributed by atoms with Crippen molar-refractivity contribution >= 4 is 33.4 Å². The van der Waals surface area contributed by atoms with Crippen LogP contribution < -0.4 is 5.32 Å². The zero-order valence-corrected chi connectivity index (χ0v) is 13.3. The maximum absolute atomic E-state index is 12.5. The molecule has 1 aromatic heterocycles. The van der Waals surface area contributed by atoms with E-state index in [-0.39, 0.29) is 24.2 Å². The van der Waals surface area contributed by atoms with Gasteiger partial charge in [-0.2, -0.15) is 4.31 Å². The van der Waals surface area contributed by atoms with Crippen LogP contribution in [0.1, 0.15) is 12.6 Å². The minimum Gasteiger partial charge on any atom is -0.356 e. The van der Waals surface area contributed by atoms with Crippen molar-refractivity contribution in [2.75, 3.05) is 19.6 Å². The van der Waals surface area contributed by atoms with Crippen LogP contribution in [0.4, 0.5) is 0 Å². The molecule has 6 nitrogen and oxygen atoms in total. The number of halogens is 1. The fraction of sp³-hybridized carbons (Fsp3) is 0.462. The number of hydrogen-bond acceptors (Lipinski definition) is 5. The summed E-state index contributed by atoms with van der Waals surface area (Å²) in [6.07, 6.45) is 0. The van der Waals surface area contributed by atoms with E-state index in [4.69, 9.17) is 4.52 Å². The number of piperazine rings is 1. The van der Waals surface area contributed by atoms with E-state index in [1.165, 1.54) is 0 Å². The Balaban J connectivity index is 0.00000161. The maximum Gasteiger partial charge on any atom is 0.220 e. The molecule has 21 heavy (non-hydrogen) atoms. The van der Waals surface area contributed by atoms with Crippen LogP contribution in [-0.4, -0.2) is 43.6 Å². The molecule has 0 unspecified atom stereocenters. The summed E-state index contributed by atoms with van der Waals surface area (Å²) in [5, 5.41) is 7.85. The topological polar surface area (TPSA) is 75.4 Å². The van der Waals surface area contributed by atoms with Crippen LogP contribution >= 0.6 is 12.4 Å². The summed E-state index contributed by atoms with van der Waals surface area (Å²) in [5.74, 6) is -0.117. The number of aromatic nitrogens is 1. The van der Waals surface area contributed by atoms with Gasteiger partial charge in [0.2, 0.25) is 10.0 Å². The molecule has 3 rings (SSSR count). The van der Waals surface area contributed by atoms with Gasteiger partial charge in [0.1, 0.15) is 11.4 Å². The first-order valence-electron chi connectivity index (χ1n) is 6.61. The van der Waals surface area contributed by atoms with Crippen LogP contribution in [0.2, 0.25) is 0 Å². The van der Waals surface area contributed by atoms with Gasteiger partial charge in [-0.15, -0.1) is 12.4 Å². The number of rotatable bonds is 3. The van der Waals surface area contributed by atoms with Gasteiger partial charge in [0, 0.05) is 31.1 Å². The smallest absolute Gasteiger partial charge is 0.220 e. The van der Waals surface area contributed by atoms with Crippen molar-refractivity contribution in [3.63, 3.8) is 0 Å². The van der Waals surface area contributed by atoms with E-state index in [1.54, 1.807) is 10.4 Å². The van der Waals surface area contributed by atoms with E-state index in [9.17, 15) is 8.42 Å². The lowest BCUT2D eigenvalue weighted by molar-refractivity contribution is 0.283. The monoisotopic (exact) mass is 331 g/mol. The molecular formula is C13H18ClN3O3S. The standard InChI is InChI=1S/C13H17N3O3S.ClH/c1-10-8-14-6-7-16(10)20(17,18)9-12-11-4-2-3-5-13(11)19-15-12;/h2-5,10,14H,6-9H2,1H3;1H/t10-;/m1./s1. The lowest BCUT2D eigenvalue weighted by Crippen LogP contribution is -2.52. The van der Waals surface area contributed by atoms with Gasteiger partial charge in [0.15, 0.2) is 5.58 Å². The average Bonchev–Trinajstić information content (AvgIpc) is 2.82. The number of para-hydroxylation sites is 1. The molecule has 0 saturated carbocycles. The van der Waals surface area contributed by atoms with E-state index in [0.717, 1.165) is 5.39 Å². The molecule has 0 radical (unpaired) electrons. The third kappa shape index (κ3) is 3.21. The quantitative estimate of drug-likeness (QED) is 0.919. The predicted octanol–water partition coefficient (Wildman–Crippen LogP) is 1.37. The summed E-state index contributed by atoms with van der Waals surface area (Å²) in [6, 6.07) is 7.27. The average molecular weight is 332 g/mol. The Labute approximate surface area is 129 Å². The molecule has 1 saturated heterocycles. The Morgan fingerprint density at radius 1 is 1.43 bits per heavy atom. The van der Waals surface area contributed by atoms with Gasteiger partial charge in [-0.05, 0) is 19.1 Å². The largest absolute Gasteiger partial charge is 0.356 e. The molecule has 0 aliphatic carbocycles. The van der Waals surface area contributed by atoms with E-state index in [0.29, 0.717) is 30.9 Å². The van der Waals surface area contributed by atoms with Gasteiger partial charge in [0.25, 0.3) is 0 Å². The molecule has 2 heterocycles. The maximum atomic E-state index is 12.5. The van der Waals surface area contributed by atoms with E-state index >= 15 is 0 Å². The minimum absolute atomic E-state index is 0. The van der Waals surface area contributed by atoms with Gasteiger partial charge >= 0.3 is 0 Å². The molecule has 1 N–H and O–H groups in total. The number of nitrogens with one attached hydrogen (secondary N) is 1. The van der Waals surface area contributed by atoms with Gasteiger partial charge in [-0.1, -0.05) is 17.3 Å². The van der Waals surface area contributed by atoms with E-state index in [1.807, 2.05) is 25.1 Å². The Morgan fingerprint density at radius 2 is 2.19 bits per heavy atom. The van der Waals surface area contributed by atoms with E-state index in [2.05, 4.69) is 10.5 Å². The van der Waals surface area contributed by atoms with Crippen molar-refractivity contribution in [2.24, 2.45) is 0 Å². The minimum atomic E-state index is -3.38. The summed E-state index contributed by atoms with van der Waals surface area (Å²) in [7, 11) is -3.38. The lowest BCUT2D eigenvalue weighted by Gasteiger charge is -2.32. The Kier molecular flexibility index (Phi) is 4.88. The second-order valence-corrected chi connectivity index (χ2v) is 6.97. The van der Waals surface area contributed by atoms with Crippen LogP contribution in [0, 0.1) is 0 Å². The van der Waals surface area contributed by atoms with Crippen LogP contribution in [0.3, 0.4) is 0 Å². The zero-order chi connectivity index (χ0) is 14.2. The van der Waals surface area contributed by atoms with Crippen molar-refractivity contribution in [3.8, 4) is 0 Å². The summed E-state index contributed by atoms with van der Waals surface area (Å²) < 4.78 is 31.8. The highest BCUT2D eigenvalue weighted by molar-refractivity contribution is 7.88. The lowest BCUT2D eigenvalue weighted by atomic mass is 10.2. The van der Waals surface area contributed by atoms with Crippen molar-refractivity contribution in [2.45, 2.75) is 18.7 Å². The third-order valence-electron chi connectivity index (χ3n) is 3.57. The SMILES string of the molecule is C[C@@H]1CNCCN1S(=O)(=O)Cc1noc2ccccc12.Cl. The van der Waals surface area contributed by atoms with Crippen LogP contribution in [0.5, 0.6) is 0 Å². The predicted molar refractivity (Wildman–Crippen MR) is 82.9 cm³/mol. The first kappa shape index (κ1) is 16.2. The molecule has 1 atom stereocenters. The normalized spacial score (nSPS) is 20.3. The van der Waals surface area contributed by atoms with Crippen molar-refractivity contribution in [3.05, 3.63) is 30.0 Å². The summed E-state index contributed by atoms with van der Waals surface area (Å²) in [6.45, 7) is 3.77. The molecule has 0 spiro atoms. The number of fused-ring (bicyclic) bond motifs is 1. The fourth-order valence-electron chi connectivity index (χ4n) is 2.53. The highest BCUT2D eigenvalue weighted by Crippen LogP contribution is 2.22. The number of hydrogen-bond donors (Lipinski definition) is 1. The third-order valence-corrected chi connectivity index (χ3v) is 5.46. The Bertz CT molecular complexity index is 716. The van der Waals surface area contributed by atoms with Crippen LogP contribution in [-0.2, 0) is 15.8 Å². The van der Waals surface area contributed by atoms with Gasteiger partial charge in [0.05, 0.1) is 0 Å². The van der Waals surface area contributed by atoms with Crippen LogP contribution in [0.15, 0.2) is 28.8 Å². The fourth-order valence-corrected chi connectivity index (χ4v) is 4.25. The first-order chi connectivity index (χ1) is 9.58. The molecule has 1 fully saturated rings. The first-order valence-corrected chi connectivity index (χ1v) is 8.22. The molecule has 1 aromatic carbocycles. The number of nitrogens with zero attached hydrogens (tertiary/aromatic N) is 2. The van der Waals surface area contributed by atoms with Crippen molar-refractivity contribution in [1.82, 2.24) is 14.8 Å². The van der Waals surface area contributed by atoms with E-state index < -0.39 is 10.0 Å². The number of benzene rings is 1. The Hall–Kier alpha value is -1.15. The molecule has 2 aromatic rings. The summed E-state index contributed by atoms with van der Waals surface area (Å²) in [4.78, 5) is 0. The summed E-state index contributed by atoms with van der Waals surface area (Å²) >= 11 is 0. The second kappa shape index (κ2) is 6.31. The van der Waals surface area contributed by atoms with Crippen LogP contribution in [0.25, 0.3) is 11.0 Å². The molecule has 0 bridgehead atoms. The molecule has 0 amide bonds. The van der Waals surface area contributed by atoms with Gasteiger partial charge in [-0.3, -0.25) is 0 Å². The highest BCUT2D eigenvalue weighted by atomic mass is 35.5. The number of sulfonamides is 1. The molecule has 1 aliphatic heterocycles. The van der Waals surface area contributed by atoms with Gasteiger partial charge in [-0.25, -0.2) is 8.42 Å². The highest BCUT2D eigenvalue weighted by Gasteiger charge is 2.30. The molecule has 8 heteroatoms. The Morgan fingerprint density at radius 3 is 2.95 bits per heavy atom. The van der Waals surface area contributed by atoms with Gasteiger partial charge < -0.3 is 9.84 Å². The second-order valence-electron chi connectivity index (χ2n) is 5.05. The molecule has 116 valence electrons. The zero-order valence-electron chi connectivity index (χ0n) is 11.7. The van der Waals surface area contributed by atoms with Crippen molar-refractivity contribution in [1.29, 1.82) is 0 Å².